The van der Waals surface area contributed by atoms with Crippen LogP contribution in [0.25, 0.3) is 0 Å². The smallest absolute Gasteiger partial charge is 0.490 e. The second-order valence-electron chi connectivity index (χ2n) is 6.11. The lowest BCUT2D eigenvalue weighted by molar-refractivity contribution is -0.192. The van der Waals surface area contributed by atoms with Crippen LogP contribution in [0.4, 0.5) is 13.2 Å². The maximum Gasteiger partial charge on any atom is 0.490 e. The highest BCUT2D eigenvalue weighted by Crippen LogP contribution is 2.16. The number of para-hydroxylation sites is 1. The molecule has 7 nitrogen and oxygen atoms in total. The van der Waals surface area contributed by atoms with E-state index in [2.05, 4.69) is 4.90 Å². The molecule has 1 aromatic carbocycles. The Bertz CT molecular complexity index is 598. The molecule has 0 amide bonds. The number of aliphatic carboxylic acids is 2. The van der Waals surface area contributed by atoms with Gasteiger partial charge in [0.1, 0.15) is 5.75 Å². The van der Waals surface area contributed by atoms with E-state index in [1.165, 1.54) is 0 Å². The first-order chi connectivity index (χ1) is 12.6. The van der Waals surface area contributed by atoms with Gasteiger partial charge in [0.25, 0.3) is 0 Å². The normalized spacial score (nSPS) is 20.3. The van der Waals surface area contributed by atoms with Crippen molar-refractivity contribution in [1.29, 1.82) is 0 Å². The third-order valence-corrected chi connectivity index (χ3v) is 3.78. The van der Waals surface area contributed by atoms with Crippen molar-refractivity contribution in [2.45, 2.75) is 25.1 Å². The Hall–Kier alpha value is -2.33. The van der Waals surface area contributed by atoms with Crippen LogP contribution in [0.3, 0.4) is 0 Å². The van der Waals surface area contributed by atoms with Crippen LogP contribution in [0.5, 0.6) is 5.75 Å². The van der Waals surface area contributed by atoms with E-state index in [-0.39, 0.29) is 12.0 Å². The van der Waals surface area contributed by atoms with Crippen molar-refractivity contribution in [1.82, 2.24) is 4.90 Å². The molecule has 2 atom stereocenters. The number of alkyl halides is 3. The molecule has 4 N–H and O–H groups in total. The summed E-state index contributed by atoms with van der Waals surface area (Å²) in [6, 6.07) is 9.65. The van der Waals surface area contributed by atoms with Crippen LogP contribution in [0, 0.1) is 5.92 Å². The zero-order valence-corrected chi connectivity index (χ0v) is 14.6. The van der Waals surface area contributed by atoms with Crippen LogP contribution < -0.4 is 10.5 Å². The molecule has 0 bridgehead atoms. The third-order valence-electron chi connectivity index (χ3n) is 3.78. The summed E-state index contributed by atoms with van der Waals surface area (Å²) in [5.41, 5.74) is 5.91. The number of carbonyl (C=O) groups is 2. The van der Waals surface area contributed by atoms with Gasteiger partial charge < -0.3 is 25.6 Å². The van der Waals surface area contributed by atoms with Gasteiger partial charge in [-0.3, -0.25) is 4.79 Å². The van der Waals surface area contributed by atoms with Crippen molar-refractivity contribution in [2.24, 2.45) is 11.7 Å². The van der Waals surface area contributed by atoms with E-state index in [4.69, 9.17) is 25.5 Å². The lowest BCUT2D eigenvalue weighted by Gasteiger charge is -2.34. The van der Waals surface area contributed by atoms with E-state index in [9.17, 15) is 18.0 Å². The average Bonchev–Trinajstić information content (AvgIpc) is 2.59. The lowest BCUT2D eigenvalue weighted by atomic mass is 9.95. The molecular formula is C17H23F3N2O5. The monoisotopic (exact) mass is 392 g/mol. The fourth-order valence-electron chi connectivity index (χ4n) is 2.59. The summed E-state index contributed by atoms with van der Waals surface area (Å²) in [5, 5.41) is 16.2. The highest BCUT2D eigenvalue weighted by atomic mass is 19.4. The van der Waals surface area contributed by atoms with Crippen LogP contribution in [0.1, 0.15) is 12.8 Å². The van der Waals surface area contributed by atoms with Crippen molar-refractivity contribution in [2.75, 3.05) is 26.2 Å². The predicted octanol–water partition coefficient (Wildman–Crippen LogP) is 1.82. The van der Waals surface area contributed by atoms with Crippen molar-refractivity contribution >= 4 is 11.9 Å². The molecule has 1 aliphatic heterocycles. The van der Waals surface area contributed by atoms with Crippen molar-refractivity contribution < 1.29 is 37.7 Å². The minimum absolute atomic E-state index is 0.0418. The number of hydrogen-bond donors (Lipinski definition) is 3. The first-order valence-corrected chi connectivity index (χ1v) is 8.28. The van der Waals surface area contributed by atoms with Gasteiger partial charge in [-0.2, -0.15) is 13.2 Å². The molecular weight excluding hydrogens is 369 g/mol. The molecule has 0 aliphatic carbocycles. The molecule has 1 fully saturated rings. The largest absolute Gasteiger partial charge is 0.494 e. The molecule has 0 radical (unpaired) electrons. The minimum atomic E-state index is -5.08. The highest BCUT2D eigenvalue weighted by Gasteiger charge is 2.38. The Morgan fingerprint density at radius 2 is 1.78 bits per heavy atom. The second-order valence-corrected chi connectivity index (χ2v) is 6.11. The predicted molar refractivity (Wildman–Crippen MR) is 90.4 cm³/mol. The molecule has 1 saturated heterocycles. The zero-order chi connectivity index (χ0) is 20.4. The van der Waals surface area contributed by atoms with Gasteiger partial charge in [0.15, 0.2) is 0 Å². The van der Waals surface area contributed by atoms with Gasteiger partial charge in [0.05, 0.1) is 12.5 Å². The van der Waals surface area contributed by atoms with Crippen molar-refractivity contribution in [3.05, 3.63) is 30.3 Å². The van der Waals surface area contributed by atoms with Crippen LogP contribution in [0.15, 0.2) is 30.3 Å². The summed E-state index contributed by atoms with van der Waals surface area (Å²) in [6.45, 7) is 2.82. The van der Waals surface area contributed by atoms with E-state index in [1.54, 1.807) is 0 Å². The minimum Gasteiger partial charge on any atom is -0.494 e. The number of likely N-dealkylation sites (tertiary alicyclic amines) is 1. The van der Waals surface area contributed by atoms with E-state index in [0.29, 0.717) is 19.6 Å². The SMILES string of the molecule is NC1CC(C(=O)O)CN(CCCOc2ccccc2)C1.O=C(O)C(F)(F)F. The van der Waals surface area contributed by atoms with Crippen LogP contribution in [0.2, 0.25) is 0 Å². The van der Waals surface area contributed by atoms with E-state index in [0.717, 1.165) is 25.3 Å². The van der Waals surface area contributed by atoms with E-state index >= 15 is 0 Å². The number of carboxylic acid groups (broad SMARTS) is 2. The molecule has 1 aliphatic rings. The molecule has 152 valence electrons. The number of ether oxygens (including phenoxy) is 1. The molecule has 1 aromatic rings. The molecule has 0 saturated carbocycles. The first kappa shape index (κ1) is 22.7. The summed E-state index contributed by atoms with van der Waals surface area (Å²) < 4.78 is 37.4. The number of nitrogens with zero attached hydrogens (tertiary/aromatic N) is 1. The van der Waals surface area contributed by atoms with Crippen LogP contribution >= 0.6 is 0 Å². The second kappa shape index (κ2) is 10.7. The Morgan fingerprint density at radius 3 is 2.30 bits per heavy atom. The molecule has 2 unspecified atom stereocenters. The maximum atomic E-state index is 11.1. The van der Waals surface area contributed by atoms with Crippen LogP contribution in [-0.4, -0.2) is 65.5 Å². The molecule has 2 rings (SSSR count). The maximum absolute atomic E-state index is 11.1. The average molecular weight is 392 g/mol. The molecule has 0 aromatic heterocycles. The first-order valence-electron chi connectivity index (χ1n) is 8.28. The third kappa shape index (κ3) is 9.25. The quantitative estimate of drug-likeness (QED) is 0.633. The molecule has 1 heterocycles. The Labute approximate surface area is 154 Å². The lowest BCUT2D eigenvalue weighted by Crippen LogP contribution is -2.49. The Balaban J connectivity index is 0.000000445. The number of rotatable bonds is 6. The van der Waals surface area contributed by atoms with Gasteiger partial charge in [-0.25, -0.2) is 4.79 Å². The Kier molecular flexibility index (Phi) is 9.03. The fraction of sp³-hybridized carbons (Fsp3) is 0.529. The molecule has 0 spiro atoms. The topological polar surface area (TPSA) is 113 Å². The van der Waals surface area contributed by atoms with Crippen molar-refractivity contribution in [3.63, 3.8) is 0 Å². The van der Waals surface area contributed by atoms with Crippen LogP contribution in [-0.2, 0) is 9.59 Å². The number of piperidine rings is 1. The van der Waals surface area contributed by atoms with E-state index < -0.39 is 18.1 Å². The number of nitrogens with two attached hydrogens (primary N) is 1. The van der Waals surface area contributed by atoms with Gasteiger partial charge in [-0.15, -0.1) is 0 Å². The number of carboxylic acids is 2. The van der Waals surface area contributed by atoms with Gasteiger partial charge in [0, 0.05) is 25.7 Å². The van der Waals surface area contributed by atoms with Gasteiger partial charge in [-0.05, 0) is 25.0 Å². The van der Waals surface area contributed by atoms with Gasteiger partial charge in [-0.1, -0.05) is 18.2 Å². The Morgan fingerprint density at radius 1 is 1.19 bits per heavy atom. The summed E-state index contributed by atoms with van der Waals surface area (Å²) >= 11 is 0. The summed E-state index contributed by atoms with van der Waals surface area (Å²) in [7, 11) is 0. The number of halogens is 3. The fourth-order valence-corrected chi connectivity index (χ4v) is 2.59. The van der Waals surface area contributed by atoms with Gasteiger partial charge in [0.2, 0.25) is 0 Å². The standard InChI is InChI=1S/C15H22N2O3.C2HF3O2/c16-13-9-12(15(18)19)10-17(11-13)7-4-8-20-14-5-2-1-3-6-14;3-2(4,5)1(6)7/h1-3,5-6,12-13H,4,7-11,16H2,(H,18,19);(H,6,7). The summed E-state index contributed by atoms with van der Waals surface area (Å²) in [4.78, 5) is 22.1. The van der Waals surface area contributed by atoms with Gasteiger partial charge >= 0.3 is 18.1 Å². The molecule has 27 heavy (non-hydrogen) atoms. The van der Waals surface area contributed by atoms with E-state index in [1.807, 2.05) is 30.3 Å². The number of benzene rings is 1. The zero-order valence-electron chi connectivity index (χ0n) is 14.6. The highest BCUT2D eigenvalue weighted by molar-refractivity contribution is 5.73. The molecule has 10 heteroatoms. The summed E-state index contributed by atoms with van der Waals surface area (Å²) in [5.74, 6) is -2.97. The summed E-state index contributed by atoms with van der Waals surface area (Å²) in [6.07, 6.45) is -3.64. The van der Waals surface area contributed by atoms with Crippen molar-refractivity contribution in [3.8, 4) is 5.75 Å². The number of hydrogen-bond acceptors (Lipinski definition) is 5.